The number of nitrogens with zero attached hydrogens (tertiary/aromatic N) is 1. The van der Waals surface area contributed by atoms with Crippen LogP contribution in [-0.2, 0) is 22.7 Å². The molecule has 0 atom stereocenters. The van der Waals surface area contributed by atoms with E-state index < -0.39 is 7.26 Å². The fourth-order valence-electron chi connectivity index (χ4n) is 7.65. The molecule has 1 fully saturated rings. The molecule has 255 valence electrons. The predicted octanol–water partition coefficient (Wildman–Crippen LogP) is 10.9. The molecule has 1 aromatic heterocycles. The monoisotopic (exact) mass is 861 g/mol. The normalized spacial score (nSPS) is 15.8. The third-order valence-corrected chi connectivity index (χ3v) is 15.2. The van der Waals surface area contributed by atoms with Gasteiger partial charge in [-0.05, 0) is 6.92 Å². The van der Waals surface area contributed by atoms with Crippen LogP contribution >= 0.6 is 7.26 Å². The van der Waals surface area contributed by atoms with Gasteiger partial charge in [0.05, 0.1) is 0 Å². The third-order valence-electron chi connectivity index (χ3n) is 9.82. The first kappa shape index (κ1) is 35.1. The molecular formula is C47H44NOOsP+. The van der Waals surface area contributed by atoms with Crippen molar-refractivity contribution in [3.63, 3.8) is 0 Å². The van der Waals surface area contributed by atoms with E-state index in [1.165, 1.54) is 70.9 Å². The van der Waals surface area contributed by atoms with Crippen molar-refractivity contribution in [1.82, 2.24) is 4.57 Å². The van der Waals surface area contributed by atoms with Crippen LogP contribution in [0.4, 0.5) is 0 Å². The van der Waals surface area contributed by atoms with E-state index in [0.29, 0.717) is 13.2 Å². The first-order valence-corrected chi connectivity index (χ1v) is 20.9. The molecule has 6 aromatic rings. The summed E-state index contributed by atoms with van der Waals surface area (Å²) in [5.74, 6) is 0. The number of rotatable bonds is 9. The van der Waals surface area contributed by atoms with Crippen LogP contribution < -0.4 is 15.9 Å². The second-order valence-corrected chi connectivity index (χ2v) is 17.3. The summed E-state index contributed by atoms with van der Waals surface area (Å²) >= 11 is 1.84. The summed E-state index contributed by atoms with van der Waals surface area (Å²) < 4.78 is 12.6. The van der Waals surface area contributed by atoms with Gasteiger partial charge in [0, 0.05) is 0 Å². The number of fused-ring (bicyclic) bond motifs is 3. The Morgan fingerprint density at radius 3 is 1.84 bits per heavy atom. The van der Waals surface area contributed by atoms with Crippen LogP contribution in [0.1, 0.15) is 51.3 Å². The second-order valence-electron chi connectivity index (χ2n) is 13.3. The molecule has 0 amide bonds. The second kappa shape index (κ2) is 15.5. The van der Waals surface area contributed by atoms with Crippen molar-refractivity contribution in [1.29, 1.82) is 0 Å². The molecule has 0 bridgehead atoms. The number of ether oxygens (including phenoxy) is 1. The van der Waals surface area contributed by atoms with Crippen LogP contribution in [-0.4, -0.2) is 17.8 Å². The van der Waals surface area contributed by atoms with E-state index in [-0.39, 0.29) is 6.04 Å². The van der Waals surface area contributed by atoms with Gasteiger partial charge in [-0.1, -0.05) is 0 Å². The van der Waals surface area contributed by atoms with E-state index in [9.17, 15) is 0 Å². The van der Waals surface area contributed by atoms with Gasteiger partial charge in [-0.25, -0.2) is 0 Å². The summed E-state index contributed by atoms with van der Waals surface area (Å²) in [6.45, 7) is 10.1. The van der Waals surface area contributed by atoms with Crippen molar-refractivity contribution in [3.8, 4) is 4.37 Å². The summed E-state index contributed by atoms with van der Waals surface area (Å²) in [5.41, 5.74) is 8.66. The molecule has 0 unspecified atom stereocenters. The summed E-state index contributed by atoms with van der Waals surface area (Å²) in [7, 11) is -2.45. The average molecular weight is 860 g/mol. The van der Waals surface area contributed by atoms with Crippen LogP contribution in [0.3, 0.4) is 0 Å². The molecule has 1 aliphatic rings. The maximum absolute atomic E-state index is 6.13. The van der Waals surface area contributed by atoms with Crippen molar-refractivity contribution in [3.05, 3.63) is 173 Å². The van der Waals surface area contributed by atoms with Gasteiger partial charge in [0.2, 0.25) is 0 Å². The Bertz CT molecular complexity index is 2260. The number of hydrogen-bond acceptors (Lipinski definition) is 1. The Morgan fingerprint density at radius 1 is 0.765 bits per heavy atom. The van der Waals surface area contributed by atoms with E-state index in [1.54, 1.807) is 0 Å². The molecular weight excluding hydrogens is 816 g/mol. The zero-order chi connectivity index (χ0) is 35.4. The summed E-state index contributed by atoms with van der Waals surface area (Å²) in [6.07, 6.45) is 10.0. The summed E-state index contributed by atoms with van der Waals surface area (Å²) in [4.78, 5) is 0. The van der Waals surface area contributed by atoms with Crippen LogP contribution in [0.2, 0.25) is 0 Å². The van der Waals surface area contributed by atoms with Gasteiger partial charge in [-0.3, -0.25) is 0 Å². The first-order valence-electron chi connectivity index (χ1n) is 17.9. The summed E-state index contributed by atoms with van der Waals surface area (Å²) in [5, 5.41) is 7.74. The third kappa shape index (κ3) is 6.51. The molecule has 5 aromatic carbocycles. The molecule has 51 heavy (non-hydrogen) atoms. The average Bonchev–Trinajstić information content (AvgIpc) is 3.75. The van der Waals surface area contributed by atoms with E-state index in [0.717, 1.165) is 6.42 Å². The number of allylic oxidation sites excluding steroid dienone is 5. The fourth-order valence-corrected chi connectivity index (χ4v) is 13.5. The molecule has 1 saturated heterocycles. The topological polar surface area (TPSA) is 14.2 Å². The molecule has 0 radical (unpaired) electrons. The molecule has 1 aliphatic heterocycles. The van der Waals surface area contributed by atoms with Crippen molar-refractivity contribution in [2.24, 2.45) is 0 Å². The molecule has 0 aliphatic carbocycles. The van der Waals surface area contributed by atoms with Gasteiger partial charge in [0.15, 0.2) is 0 Å². The van der Waals surface area contributed by atoms with E-state index >= 15 is 0 Å². The zero-order valence-corrected chi connectivity index (χ0v) is 33.2. The predicted molar refractivity (Wildman–Crippen MR) is 218 cm³/mol. The van der Waals surface area contributed by atoms with Crippen molar-refractivity contribution >= 4 is 56.6 Å². The van der Waals surface area contributed by atoms with Crippen molar-refractivity contribution in [2.45, 2.75) is 40.2 Å². The van der Waals surface area contributed by atoms with Gasteiger partial charge >= 0.3 is 308 Å². The van der Waals surface area contributed by atoms with E-state index in [4.69, 9.17) is 4.74 Å². The van der Waals surface area contributed by atoms with E-state index in [1.807, 2.05) is 17.9 Å². The Hall–Kier alpha value is -4.33. The fraction of sp³-hybridized carbons (Fsp3) is 0.170. The number of benzene rings is 5. The molecule has 2 nitrogen and oxygen atoms in total. The number of hydrogen-bond donors (Lipinski definition) is 0. The Labute approximate surface area is 313 Å². The van der Waals surface area contributed by atoms with Crippen molar-refractivity contribution in [2.75, 3.05) is 13.2 Å². The minimum atomic E-state index is -2.45. The maximum atomic E-state index is 6.13. The quantitative estimate of drug-likeness (QED) is 0.132. The minimum absolute atomic E-state index is 0.281. The van der Waals surface area contributed by atoms with Gasteiger partial charge < -0.3 is 0 Å². The molecule has 0 saturated carbocycles. The molecule has 0 spiro atoms. The van der Waals surface area contributed by atoms with Gasteiger partial charge in [0.25, 0.3) is 0 Å². The standard InChI is InChI=1S/C47H44NOP.Os/c1-6-17-36-25-27-43-44-28-26-37(31-47(44)48(34(3)4)46(43)29-36)45(30-39-33-49-32-38(39)18-7-2)35(5)50(40-19-11-8-12-20-40,41-21-13-9-14-22-41)42-23-15-10-16-24-42;/h6,8-31,34H,7,32-33H2,1-4H3;/q+1;/b17-6+,38-18?,39-30?,45-35?;. The zero-order valence-electron chi connectivity index (χ0n) is 29.8. The molecule has 0 N–H and O–H groups in total. The Kier molecular flexibility index (Phi) is 10.7. The Balaban J connectivity index is 1.64. The van der Waals surface area contributed by atoms with Gasteiger partial charge in [0.1, 0.15) is 0 Å². The van der Waals surface area contributed by atoms with Crippen LogP contribution in [0.15, 0.2) is 162 Å². The van der Waals surface area contributed by atoms with Gasteiger partial charge in [-0.15, -0.1) is 0 Å². The molecule has 4 heteroatoms. The number of aromatic nitrogens is 1. The Morgan fingerprint density at radius 2 is 1.31 bits per heavy atom. The van der Waals surface area contributed by atoms with E-state index in [2.05, 4.69) is 188 Å². The van der Waals surface area contributed by atoms with Crippen LogP contribution in [0.25, 0.3) is 33.5 Å². The molecule has 2 heterocycles. The van der Waals surface area contributed by atoms with Crippen molar-refractivity contribution < 1.29 is 22.7 Å². The van der Waals surface area contributed by atoms with Crippen LogP contribution in [0, 0.1) is 4.37 Å². The first-order chi connectivity index (χ1) is 25.0. The van der Waals surface area contributed by atoms with Crippen LogP contribution in [0.5, 0.6) is 0 Å². The SMILES string of the molecule is C/C=C/c1ccc2c3ccc(C(C=C4COCC4=CCC)=C([C]#[Os])[P+](c4ccccc4)(c4ccccc4)c4ccccc4)cc3n(C(C)C)c2c1. The van der Waals surface area contributed by atoms with Gasteiger partial charge in [-0.2, -0.15) is 0 Å². The summed E-state index contributed by atoms with van der Waals surface area (Å²) in [6, 6.07) is 47.7. The molecule has 7 rings (SSSR count).